The summed E-state index contributed by atoms with van der Waals surface area (Å²) in [7, 11) is 0. The molecule has 0 aliphatic carbocycles. The number of aromatic nitrogens is 3. The van der Waals surface area contributed by atoms with Crippen LogP contribution in [-0.2, 0) is 11.3 Å². The van der Waals surface area contributed by atoms with Crippen LogP contribution in [0, 0.1) is 6.92 Å². The van der Waals surface area contributed by atoms with Gasteiger partial charge in [-0.15, -0.1) is 10.2 Å². The Balaban J connectivity index is 1.68. The molecule has 0 aliphatic rings. The molecule has 1 heterocycles. The molecule has 0 unspecified atom stereocenters. The van der Waals surface area contributed by atoms with Crippen LogP contribution in [0.15, 0.2) is 58.6 Å². The van der Waals surface area contributed by atoms with Crippen LogP contribution in [0.1, 0.15) is 12.5 Å². The van der Waals surface area contributed by atoms with E-state index in [-0.39, 0.29) is 11.7 Å². The Labute approximate surface area is 176 Å². The summed E-state index contributed by atoms with van der Waals surface area (Å²) in [5, 5.41) is 11.8. The number of amides is 1. The number of hydrogen-bond donors (Lipinski definition) is 1. The molecule has 3 rings (SSSR count). The summed E-state index contributed by atoms with van der Waals surface area (Å²) in [6.45, 7) is 4.67. The van der Waals surface area contributed by atoms with Crippen LogP contribution in [-0.4, -0.2) is 32.2 Å². The summed E-state index contributed by atoms with van der Waals surface area (Å²) in [5.41, 5.74) is 2.47. The number of aryl methyl sites for hydroxylation is 1. The number of halogens is 2. The third kappa shape index (κ3) is 5.57. The molecule has 1 amide bonds. The van der Waals surface area contributed by atoms with E-state index in [1.807, 2.05) is 42.7 Å². The SMILES string of the molecule is CCn1c(SCC(=O)Nc2ccccc2SC(F)F)nnc1-c1cccc(C)c1. The summed E-state index contributed by atoms with van der Waals surface area (Å²) >= 11 is 1.67. The van der Waals surface area contributed by atoms with Crippen LogP contribution in [0.5, 0.6) is 0 Å². The van der Waals surface area contributed by atoms with Gasteiger partial charge in [0.05, 0.1) is 11.4 Å². The molecule has 3 aromatic rings. The van der Waals surface area contributed by atoms with Gasteiger partial charge in [0.15, 0.2) is 11.0 Å². The Bertz CT molecular complexity index is 994. The number of hydrogen-bond acceptors (Lipinski definition) is 5. The van der Waals surface area contributed by atoms with Crippen molar-refractivity contribution in [3.05, 3.63) is 54.1 Å². The molecular weight excluding hydrogens is 414 g/mol. The first-order chi connectivity index (χ1) is 14.0. The van der Waals surface area contributed by atoms with Crippen LogP contribution < -0.4 is 5.32 Å². The molecule has 9 heteroatoms. The minimum absolute atomic E-state index is 0.0969. The molecule has 0 bridgehead atoms. The number of benzene rings is 2. The molecule has 29 heavy (non-hydrogen) atoms. The lowest BCUT2D eigenvalue weighted by atomic mass is 10.1. The lowest BCUT2D eigenvalue weighted by Crippen LogP contribution is -2.15. The highest BCUT2D eigenvalue weighted by molar-refractivity contribution is 8.00. The molecule has 0 saturated carbocycles. The average molecular weight is 435 g/mol. The van der Waals surface area contributed by atoms with Crippen molar-refractivity contribution in [2.75, 3.05) is 11.1 Å². The van der Waals surface area contributed by atoms with E-state index in [1.165, 1.54) is 11.8 Å². The number of thioether (sulfide) groups is 2. The second kappa shape index (κ2) is 9.89. The van der Waals surface area contributed by atoms with Gasteiger partial charge in [-0.2, -0.15) is 8.78 Å². The van der Waals surface area contributed by atoms with E-state index in [4.69, 9.17) is 0 Å². The predicted octanol–water partition coefficient (Wildman–Crippen LogP) is 5.32. The molecule has 0 saturated heterocycles. The quantitative estimate of drug-likeness (QED) is 0.486. The second-order valence-electron chi connectivity index (χ2n) is 6.13. The molecule has 2 aromatic carbocycles. The molecule has 0 spiro atoms. The minimum Gasteiger partial charge on any atom is -0.324 e. The number of carbonyl (C=O) groups excluding carboxylic acids is 1. The van der Waals surface area contributed by atoms with Gasteiger partial charge >= 0.3 is 0 Å². The number of anilines is 1. The van der Waals surface area contributed by atoms with Gasteiger partial charge < -0.3 is 9.88 Å². The Morgan fingerprint density at radius 2 is 1.97 bits per heavy atom. The maximum Gasteiger partial charge on any atom is 0.288 e. The van der Waals surface area contributed by atoms with Gasteiger partial charge in [0, 0.05) is 17.0 Å². The Hall–Kier alpha value is -2.39. The van der Waals surface area contributed by atoms with Gasteiger partial charge in [0.1, 0.15) is 0 Å². The summed E-state index contributed by atoms with van der Waals surface area (Å²) in [4.78, 5) is 12.7. The standard InChI is InChI=1S/C20H20F2N4OS2/c1-3-26-18(14-8-6-7-13(2)11-14)24-25-20(26)28-12-17(27)23-15-9-4-5-10-16(15)29-19(21)22/h4-11,19H,3,12H2,1-2H3,(H,23,27). The molecule has 0 radical (unpaired) electrons. The fourth-order valence-electron chi connectivity index (χ4n) is 2.76. The van der Waals surface area contributed by atoms with E-state index in [0.29, 0.717) is 34.0 Å². The number of alkyl halides is 2. The van der Waals surface area contributed by atoms with Gasteiger partial charge in [-0.1, -0.05) is 59.4 Å². The molecule has 1 aromatic heterocycles. The van der Waals surface area contributed by atoms with Gasteiger partial charge in [-0.05, 0) is 32.0 Å². The number of carbonyl (C=O) groups is 1. The van der Waals surface area contributed by atoms with Gasteiger partial charge in [0.25, 0.3) is 5.76 Å². The lowest BCUT2D eigenvalue weighted by molar-refractivity contribution is -0.113. The molecule has 0 fully saturated rings. The van der Waals surface area contributed by atoms with Crippen LogP contribution in [0.4, 0.5) is 14.5 Å². The maximum atomic E-state index is 12.7. The number of rotatable bonds is 8. The Morgan fingerprint density at radius 3 is 2.69 bits per heavy atom. The van der Waals surface area contributed by atoms with Crippen LogP contribution in [0.25, 0.3) is 11.4 Å². The van der Waals surface area contributed by atoms with E-state index in [1.54, 1.807) is 24.3 Å². The highest BCUT2D eigenvalue weighted by atomic mass is 32.2. The van der Waals surface area contributed by atoms with Crippen molar-refractivity contribution in [3.63, 3.8) is 0 Å². The zero-order valence-electron chi connectivity index (χ0n) is 15.9. The lowest BCUT2D eigenvalue weighted by Gasteiger charge is -2.10. The summed E-state index contributed by atoms with van der Waals surface area (Å²) in [6, 6.07) is 14.5. The van der Waals surface area contributed by atoms with E-state index >= 15 is 0 Å². The number of para-hydroxylation sites is 1. The summed E-state index contributed by atoms with van der Waals surface area (Å²) in [6.07, 6.45) is 0. The topological polar surface area (TPSA) is 59.8 Å². The first kappa shape index (κ1) is 21.3. The van der Waals surface area contributed by atoms with Crippen molar-refractivity contribution < 1.29 is 13.6 Å². The molecule has 152 valence electrons. The molecule has 0 atom stereocenters. The second-order valence-corrected chi connectivity index (χ2v) is 8.11. The molecule has 5 nitrogen and oxygen atoms in total. The third-order valence-electron chi connectivity index (χ3n) is 4.02. The van der Waals surface area contributed by atoms with Crippen molar-refractivity contribution in [1.29, 1.82) is 0 Å². The Kier molecular flexibility index (Phi) is 7.27. The first-order valence-corrected chi connectivity index (χ1v) is 10.8. The van der Waals surface area contributed by atoms with Crippen molar-refractivity contribution >= 4 is 35.1 Å². The highest BCUT2D eigenvalue weighted by Crippen LogP contribution is 2.32. The average Bonchev–Trinajstić information content (AvgIpc) is 3.10. The van der Waals surface area contributed by atoms with E-state index < -0.39 is 5.76 Å². The summed E-state index contributed by atoms with van der Waals surface area (Å²) in [5.74, 6) is -2.00. The van der Waals surface area contributed by atoms with Crippen molar-refractivity contribution in [2.24, 2.45) is 0 Å². The first-order valence-electron chi connectivity index (χ1n) is 8.94. The fourth-order valence-corrected chi connectivity index (χ4v) is 4.16. The summed E-state index contributed by atoms with van der Waals surface area (Å²) < 4.78 is 27.3. The van der Waals surface area contributed by atoms with Gasteiger partial charge in [0.2, 0.25) is 5.91 Å². The molecule has 0 aliphatic heterocycles. The highest BCUT2D eigenvalue weighted by Gasteiger charge is 2.16. The molecule has 1 N–H and O–H groups in total. The molecular formula is C20H20F2N4OS2. The zero-order chi connectivity index (χ0) is 20.8. The van der Waals surface area contributed by atoms with Crippen molar-refractivity contribution in [2.45, 2.75) is 36.2 Å². The van der Waals surface area contributed by atoms with Gasteiger partial charge in [-0.3, -0.25) is 4.79 Å². The third-order valence-corrected chi connectivity index (χ3v) is 5.77. The van der Waals surface area contributed by atoms with Crippen molar-refractivity contribution in [3.8, 4) is 11.4 Å². The smallest absolute Gasteiger partial charge is 0.288 e. The van der Waals surface area contributed by atoms with E-state index in [2.05, 4.69) is 15.5 Å². The zero-order valence-corrected chi connectivity index (χ0v) is 17.6. The monoisotopic (exact) mass is 434 g/mol. The largest absolute Gasteiger partial charge is 0.324 e. The van der Waals surface area contributed by atoms with Crippen LogP contribution in [0.2, 0.25) is 0 Å². The van der Waals surface area contributed by atoms with E-state index in [9.17, 15) is 13.6 Å². The normalized spacial score (nSPS) is 11.1. The van der Waals surface area contributed by atoms with Crippen LogP contribution >= 0.6 is 23.5 Å². The number of nitrogens with one attached hydrogen (secondary N) is 1. The predicted molar refractivity (Wildman–Crippen MR) is 114 cm³/mol. The van der Waals surface area contributed by atoms with Gasteiger partial charge in [-0.25, -0.2) is 0 Å². The minimum atomic E-state index is -2.55. The van der Waals surface area contributed by atoms with Crippen molar-refractivity contribution in [1.82, 2.24) is 14.8 Å². The fraction of sp³-hybridized carbons (Fsp3) is 0.250. The Morgan fingerprint density at radius 1 is 1.17 bits per heavy atom. The van der Waals surface area contributed by atoms with E-state index in [0.717, 1.165) is 17.0 Å². The van der Waals surface area contributed by atoms with Crippen LogP contribution in [0.3, 0.4) is 0 Å². The maximum absolute atomic E-state index is 12.7. The number of nitrogens with zero attached hydrogens (tertiary/aromatic N) is 3.